The zero-order valence-electron chi connectivity index (χ0n) is 11.4. The van der Waals surface area contributed by atoms with Crippen LogP contribution in [0.2, 0.25) is 0 Å². The Hall–Kier alpha value is -1.48. The van der Waals surface area contributed by atoms with E-state index >= 15 is 0 Å². The molecule has 102 valence electrons. The monoisotopic (exact) mass is 279 g/mol. The Labute approximate surface area is 118 Å². The van der Waals surface area contributed by atoms with Crippen molar-refractivity contribution in [2.24, 2.45) is 0 Å². The quantitative estimate of drug-likeness (QED) is 0.731. The van der Waals surface area contributed by atoms with Crippen molar-refractivity contribution in [1.29, 1.82) is 0 Å². The minimum Gasteiger partial charge on any atom is -0.417 e. The number of aromatic nitrogens is 1. The highest BCUT2D eigenvalue weighted by Gasteiger charge is 2.17. The van der Waals surface area contributed by atoms with Gasteiger partial charge in [0.25, 0.3) is 0 Å². The maximum atomic E-state index is 5.65. The van der Waals surface area contributed by atoms with E-state index < -0.39 is 0 Å². The predicted molar refractivity (Wildman–Crippen MR) is 75.9 cm³/mol. The molecule has 0 saturated carbocycles. The highest BCUT2D eigenvalue weighted by molar-refractivity contribution is 6.16. The second kappa shape index (κ2) is 5.66. The van der Waals surface area contributed by atoms with Crippen molar-refractivity contribution in [2.75, 3.05) is 0 Å². The van der Waals surface area contributed by atoms with Gasteiger partial charge in [-0.05, 0) is 29.5 Å². The molecule has 3 nitrogen and oxygen atoms in total. The number of rotatable bonds is 5. The largest absolute Gasteiger partial charge is 0.417 e. The van der Waals surface area contributed by atoms with Crippen LogP contribution in [0.15, 0.2) is 34.9 Å². The van der Waals surface area contributed by atoms with Crippen molar-refractivity contribution in [1.82, 2.24) is 4.98 Å². The summed E-state index contributed by atoms with van der Waals surface area (Å²) in [5.41, 5.74) is 2.13. The maximum Gasteiger partial charge on any atom is 0.399 e. The number of ether oxygens (including phenoxy) is 1. The molecule has 0 aliphatic rings. The molecule has 2 rings (SSSR count). The van der Waals surface area contributed by atoms with Gasteiger partial charge in [0.15, 0.2) is 0 Å². The molecule has 0 atom stereocenters. The zero-order valence-corrected chi connectivity index (χ0v) is 12.2. The van der Waals surface area contributed by atoms with Crippen LogP contribution in [0.4, 0.5) is 0 Å². The van der Waals surface area contributed by atoms with Crippen LogP contribution in [0, 0.1) is 0 Å². The molecule has 0 unspecified atom stereocenters. The van der Waals surface area contributed by atoms with Gasteiger partial charge in [-0.1, -0.05) is 32.9 Å². The molecular weight excluding hydrogens is 262 g/mol. The first kappa shape index (κ1) is 13.9. The van der Waals surface area contributed by atoms with Gasteiger partial charge in [0, 0.05) is 0 Å². The van der Waals surface area contributed by atoms with E-state index in [2.05, 4.69) is 37.9 Å². The third kappa shape index (κ3) is 3.29. The van der Waals surface area contributed by atoms with Gasteiger partial charge in [-0.25, -0.2) is 0 Å². The molecule has 0 saturated heterocycles. The van der Waals surface area contributed by atoms with E-state index in [9.17, 15) is 0 Å². The lowest BCUT2D eigenvalue weighted by atomic mass is 9.82. The van der Waals surface area contributed by atoms with E-state index in [1.165, 1.54) is 11.8 Å². The molecule has 0 fully saturated rings. The molecule has 1 heterocycles. The Balaban J connectivity index is 2.10. The smallest absolute Gasteiger partial charge is 0.399 e. The standard InChI is InChI=1S/C15H18ClNO2/c1-4-15(2,3)11-5-7-13(8-6-11)19-14-17-12(9-16)10-18-14/h5-8,10H,4,9H2,1-3H3. The first-order valence-corrected chi connectivity index (χ1v) is 6.87. The molecule has 1 aromatic heterocycles. The fourth-order valence-electron chi connectivity index (χ4n) is 1.68. The van der Waals surface area contributed by atoms with Crippen LogP contribution in [0.3, 0.4) is 0 Å². The fourth-order valence-corrected chi connectivity index (χ4v) is 1.80. The normalized spacial score (nSPS) is 11.6. The number of oxazole rings is 1. The molecule has 1 aromatic carbocycles. The Bertz CT molecular complexity index is 531. The van der Waals surface area contributed by atoms with Gasteiger partial charge >= 0.3 is 6.08 Å². The van der Waals surface area contributed by atoms with Crippen LogP contribution in [-0.4, -0.2) is 4.98 Å². The number of hydrogen-bond acceptors (Lipinski definition) is 3. The molecule has 0 aliphatic heterocycles. The van der Waals surface area contributed by atoms with E-state index in [1.807, 2.05) is 12.1 Å². The molecule has 0 N–H and O–H groups in total. The summed E-state index contributed by atoms with van der Waals surface area (Å²) in [6, 6.07) is 8.00. The third-order valence-electron chi connectivity index (χ3n) is 3.39. The molecule has 0 spiro atoms. The van der Waals surface area contributed by atoms with Crippen molar-refractivity contribution in [2.45, 2.75) is 38.5 Å². The summed E-state index contributed by atoms with van der Waals surface area (Å²) < 4.78 is 10.7. The van der Waals surface area contributed by atoms with Crippen LogP contribution in [-0.2, 0) is 11.3 Å². The summed E-state index contributed by atoms with van der Waals surface area (Å²) >= 11 is 5.65. The number of benzene rings is 1. The lowest BCUT2D eigenvalue weighted by Gasteiger charge is -2.23. The van der Waals surface area contributed by atoms with Gasteiger partial charge in [0.2, 0.25) is 0 Å². The summed E-state index contributed by atoms with van der Waals surface area (Å²) in [4.78, 5) is 4.09. The number of alkyl halides is 1. The van der Waals surface area contributed by atoms with Crippen molar-refractivity contribution in [3.05, 3.63) is 41.8 Å². The van der Waals surface area contributed by atoms with Gasteiger partial charge in [-0.3, -0.25) is 0 Å². The topological polar surface area (TPSA) is 35.3 Å². The van der Waals surface area contributed by atoms with E-state index in [4.69, 9.17) is 20.8 Å². The second-order valence-electron chi connectivity index (χ2n) is 5.10. The molecule has 2 aromatic rings. The highest BCUT2D eigenvalue weighted by Crippen LogP contribution is 2.29. The third-order valence-corrected chi connectivity index (χ3v) is 3.67. The number of hydrogen-bond donors (Lipinski definition) is 0. The fraction of sp³-hybridized carbons (Fsp3) is 0.400. The maximum absolute atomic E-state index is 5.65. The predicted octanol–water partition coefficient (Wildman–Crippen LogP) is 4.89. The minimum atomic E-state index is 0.174. The Kier molecular flexibility index (Phi) is 4.15. The molecule has 4 heteroatoms. The van der Waals surface area contributed by atoms with Gasteiger partial charge in [0.1, 0.15) is 12.0 Å². The molecular formula is C15H18ClNO2. The summed E-state index contributed by atoms with van der Waals surface area (Å²) in [5, 5.41) is 0. The summed E-state index contributed by atoms with van der Waals surface area (Å²) in [7, 11) is 0. The van der Waals surface area contributed by atoms with Crippen molar-refractivity contribution < 1.29 is 9.15 Å². The Morgan fingerprint density at radius 3 is 2.47 bits per heavy atom. The van der Waals surface area contributed by atoms with E-state index in [1.54, 1.807) is 0 Å². The Morgan fingerprint density at radius 2 is 1.95 bits per heavy atom. The van der Waals surface area contributed by atoms with E-state index in [0.29, 0.717) is 17.3 Å². The molecule has 0 aliphatic carbocycles. The van der Waals surface area contributed by atoms with Crippen molar-refractivity contribution >= 4 is 11.6 Å². The summed E-state index contributed by atoms with van der Waals surface area (Å²) in [6.07, 6.45) is 2.81. The van der Waals surface area contributed by atoms with Crippen LogP contribution < -0.4 is 4.74 Å². The van der Waals surface area contributed by atoms with Crippen LogP contribution in [0.25, 0.3) is 0 Å². The molecule has 0 amide bonds. The van der Waals surface area contributed by atoms with Crippen LogP contribution in [0.1, 0.15) is 38.4 Å². The van der Waals surface area contributed by atoms with Gasteiger partial charge in [-0.2, -0.15) is 4.98 Å². The van der Waals surface area contributed by atoms with Gasteiger partial charge in [-0.15, -0.1) is 11.6 Å². The van der Waals surface area contributed by atoms with Gasteiger partial charge in [0.05, 0.1) is 11.6 Å². The average Bonchev–Trinajstić information content (AvgIpc) is 2.87. The van der Waals surface area contributed by atoms with Crippen LogP contribution in [0.5, 0.6) is 11.8 Å². The van der Waals surface area contributed by atoms with Crippen molar-refractivity contribution in [3.8, 4) is 11.8 Å². The first-order valence-electron chi connectivity index (χ1n) is 6.34. The highest BCUT2D eigenvalue weighted by atomic mass is 35.5. The summed E-state index contributed by atoms with van der Waals surface area (Å²) in [5.74, 6) is 1.02. The Morgan fingerprint density at radius 1 is 1.26 bits per heavy atom. The lowest BCUT2D eigenvalue weighted by molar-refractivity contribution is 0.330. The lowest BCUT2D eigenvalue weighted by Crippen LogP contribution is -2.14. The van der Waals surface area contributed by atoms with E-state index in [0.717, 1.165) is 6.42 Å². The molecule has 19 heavy (non-hydrogen) atoms. The van der Waals surface area contributed by atoms with Crippen LogP contribution >= 0.6 is 11.6 Å². The summed E-state index contributed by atoms with van der Waals surface area (Å²) in [6.45, 7) is 6.64. The molecule has 0 bridgehead atoms. The number of halogens is 1. The number of nitrogens with zero attached hydrogens (tertiary/aromatic N) is 1. The second-order valence-corrected chi connectivity index (χ2v) is 5.37. The van der Waals surface area contributed by atoms with Gasteiger partial charge < -0.3 is 9.15 Å². The van der Waals surface area contributed by atoms with Crippen molar-refractivity contribution in [3.63, 3.8) is 0 Å². The molecule has 0 radical (unpaired) electrons. The average molecular weight is 280 g/mol. The minimum absolute atomic E-state index is 0.174. The SMILES string of the molecule is CCC(C)(C)c1ccc(Oc2nc(CCl)co2)cc1. The zero-order chi connectivity index (χ0) is 13.9. The first-order chi connectivity index (χ1) is 9.05. The van der Waals surface area contributed by atoms with E-state index in [-0.39, 0.29) is 11.5 Å².